The highest BCUT2D eigenvalue weighted by Gasteiger charge is 2.11. The third-order valence-corrected chi connectivity index (χ3v) is 2.68. The van der Waals surface area contributed by atoms with Gasteiger partial charge < -0.3 is 9.64 Å². The lowest BCUT2D eigenvalue weighted by molar-refractivity contribution is -0.135. The molecule has 0 aliphatic rings. The molecule has 16 heavy (non-hydrogen) atoms. The van der Waals surface area contributed by atoms with Crippen molar-refractivity contribution in [2.75, 3.05) is 26.8 Å². The molecule has 0 atom stereocenters. The second-order valence-corrected chi connectivity index (χ2v) is 4.23. The van der Waals surface area contributed by atoms with Crippen molar-refractivity contribution in [3.8, 4) is 0 Å². The van der Waals surface area contributed by atoms with Gasteiger partial charge in [0.15, 0.2) is 0 Å². The molecule has 0 fully saturated rings. The maximum absolute atomic E-state index is 11.7. The summed E-state index contributed by atoms with van der Waals surface area (Å²) in [5.41, 5.74) is 0. The van der Waals surface area contributed by atoms with Crippen LogP contribution < -0.4 is 0 Å². The number of rotatable bonds is 10. The maximum Gasteiger partial charge on any atom is 0.248 e. The van der Waals surface area contributed by atoms with Gasteiger partial charge in [0.2, 0.25) is 5.91 Å². The van der Waals surface area contributed by atoms with Gasteiger partial charge >= 0.3 is 0 Å². The van der Waals surface area contributed by atoms with Gasteiger partial charge in [0.1, 0.15) is 6.61 Å². The zero-order chi connectivity index (χ0) is 12.2. The van der Waals surface area contributed by atoms with E-state index in [9.17, 15) is 4.79 Å². The molecule has 1 amide bonds. The molecule has 0 rings (SSSR count). The number of unbranched alkanes of at least 4 members (excludes halogenated alkanes) is 4. The predicted molar refractivity (Wildman–Crippen MR) is 67.5 cm³/mol. The number of amides is 1. The normalized spacial score (nSPS) is 10.4. The highest BCUT2D eigenvalue weighted by molar-refractivity contribution is 5.77. The fourth-order valence-corrected chi connectivity index (χ4v) is 1.68. The third kappa shape index (κ3) is 7.69. The van der Waals surface area contributed by atoms with Crippen molar-refractivity contribution in [1.29, 1.82) is 0 Å². The summed E-state index contributed by atoms with van der Waals surface area (Å²) in [5.74, 6) is 0.134. The Morgan fingerprint density at radius 2 is 1.50 bits per heavy atom. The van der Waals surface area contributed by atoms with Crippen LogP contribution in [0, 0.1) is 0 Å². The maximum atomic E-state index is 11.7. The van der Waals surface area contributed by atoms with Crippen LogP contribution in [0.1, 0.15) is 52.4 Å². The minimum absolute atomic E-state index is 0.134. The average molecular weight is 229 g/mol. The lowest BCUT2D eigenvalue weighted by Gasteiger charge is -2.22. The summed E-state index contributed by atoms with van der Waals surface area (Å²) in [6.07, 6.45) is 7.01. The van der Waals surface area contributed by atoms with Crippen LogP contribution in [0.25, 0.3) is 0 Å². The molecule has 0 bridgehead atoms. The molecule has 0 saturated carbocycles. The number of carbonyl (C=O) groups excluding carboxylic acids is 1. The second kappa shape index (κ2) is 10.9. The zero-order valence-electron chi connectivity index (χ0n) is 11.1. The SMILES string of the molecule is CCCCCN(CCCCC)C(=O)COC. The first kappa shape index (κ1) is 15.4. The van der Waals surface area contributed by atoms with Crippen molar-refractivity contribution in [3.63, 3.8) is 0 Å². The Labute approximate surface area is 100 Å². The molecule has 0 saturated heterocycles. The van der Waals surface area contributed by atoms with E-state index in [1.165, 1.54) is 25.7 Å². The third-order valence-electron chi connectivity index (χ3n) is 2.68. The molecule has 0 radical (unpaired) electrons. The molecule has 3 heteroatoms. The van der Waals surface area contributed by atoms with Gasteiger partial charge in [-0.2, -0.15) is 0 Å². The average Bonchev–Trinajstić information content (AvgIpc) is 2.28. The smallest absolute Gasteiger partial charge is 0.248 e. The number of ether oxygens (including phenoxy) is 1. The van der Waals surface area contributed by atoms with E-state index >= 15 is 0 Å². The molecule has 0 aromatic carbocycles. The summed E-state index contributed by atoms with van der Waals surface area (Å²) in [4.78, 5) is 13.7. The first-order chi connectivity index (χ1) is 7.76. The van der Waals surface area contributed by atoms with E-state index < -0.39 is 0 Å². The fraction of sp³-hybridized carbons (Fsp3) is 0.923. The number of carbonyl (C=O) groups is 1. The lowest BCUT2D eigenvalue weighted by Crippen LogP contribution is -2.35. The molecular formula is C13H27NO2. The summed E-state index contributed by atoms with van der Waals surface area (Å²) < 4.78 is 4.91. The van der Waals surface area contributed by atoms with E-state index in [-0.39, 0.29) is 12.5 Å². The van der Waals surface area contributed by atoms with Gasteiger partial charge in [-0.3, -0.25) is 4.79 Å². The molecule has 3 nitrogen and oxygen atoms in total. The molecule has 0 unspecified atom stereocenters. The molecule has 0 heterocycles. The van der Waals surface area contributed by atoms with E-state index in [2.05, 4.69) is 13.8 Å². The van der Waals surface area contributed by atoms with Crippen molar-refractivity contribution in [2.45, 2.75) is 52.4 Å². The van der Waals surface area contributed by atoms with Gasteiger partial charge in [-0.25, -0.2) is 0 Å². The van der Waals surface area contributed by atoms with Crippen LogP contribution in [0.15, 0.2) is 0 Å². The van der Waals surface area contributed by atoms with Crippen LogP contribution in [0.2, 0.25) is 0 Å². The Morgan fingerprint density at radius 1 is 1.00 bits per heavy atom. The monoisotopic (exact) mass is 229 g/mol. The van der Waals surface area contributed by atoms with E-state index in [4.69, 9.17) is 4.74 Å². The lowest BCUT2D eigenvalue weighted by atomic mass is 10.2. The van der Waals surface area contributed by atoms with Crippen LogP contribution in [-0.4, -0.2) is 37.6 Å². The Bertz CT molecular complexity index is 161. The molecule has 96 valence electrons. The van der Waals surface area contributed by atoms with Crippen molar-refractivity contribution in [2.24, 2.45) is 0 Å². The number of hydrogen-bond donors (Lipinski definition) is 0. The van der Waals surface area contributed by atoms with Crippen LogP contribution in [-0.2, 0) is 9.53 Å². The molecule has 0 spiro atoms. The van der Waals surface area contributed by atoms with E-state index in [0.717, 1.165) is 25.9 Å². The summed E-state index contributed by atoms with van der Waals surface area (Å²) in [5, 5.41) is 0. The van der Waals surface area contributed by atoms with Crippen LogP contribution in [0.5, 0.6) is 0 Å². The fourth-order valence-electron chi connectivity index (χ4n) is 1.68. The molecular weight excluding hydrogens is 202 g/mol. The Morgan fingerprint density at radius 3 is 1.88 bits per heavy atom. The van der Waals surface area contributed by atoms with Crippen LogP contribution in [0.3, 0.4) is 0 Å². The largest absolute Gasteiger partial charge is 0.375 e. The van der Waals surface area contributed by atoms with Crippen molar-refractivity contribution in [1.82, 2.24) is 4.90 Å². The van der Waals surface area contributed by atoms with Gasteiger partial charge in [0.05, 0.1) is 0 Å². The van der Waals surface area contributed by atoms with Gasteiger partial charge in [-0.05, 0) is 12.8 Å². The quantitative estimate of drug-likeness (QED) is 0.539. The van der Waals surface area contributed by atoms with Gasteiger partial charge in [-0.15, -0.1) is 0 Å². The minimum atomic E-state index is 0.134. The summed E-state index contributed by atoms with van der Waals surface area (Å²) in [6.45, 7) is 6.36. The van der Waals surface area contributed by atoms with E-state index in [0.29, 0.717) is 0 Å². The van der Waals surface area contributed by atoms with E-state index in [1.54, 1.807) is 7.11 Å². The first-order valence-electron chi connectivity index (χ1n) is 6.52. The molecule has 0 aliphatic heterocycles. The van der Waals surface area contributed by atoms with Gasteiger partial charge in [0, 0.05) is 20.2 Å². The van der Waals surface area contributed by atoms with Crippen LogP contribution in [0.4, 0.5) is 0 Å². The molecule has 0 aromatic heterocycles. The first-order valence-corrected chi connectivity index (χ1v) is 6.52. The number of methoxy groups -OCH3 is 1. The van der Waals surface area contributed by atoms with Crippen molar-refractivity contribution < 1.29 is 9.53 Å². The summed E-state index contributed by atoms with van der Waals surface area (Å²) in [6, 6.07) is 0. The molecule has 0 aromatic rings. The van der Waals surface area contributed by atoms with Gasteiger partial charge in [-0.1, -0.05) is 39.5 Å². The Hall–Kier alpha value is -0.570. The summed E-state index contributed by atoms with van der Waals surface area (Å²) in [7, 11) is 1.58. The minimum Gasteiger partial charge on any atom is -0.375 e. The van der Waals surface area contributed by atoms with Crippen LogP contribution >= 0.6 is 0 Å². The molecule has 0 aliphatic carbocycles. The zero-order valence-corrected chi connectivity index (χ0v) is 11.1. The number of nitrogens with zero attached hydrogens (tertiary/aromatic N) is 1. The second-order valence-electron chi connectivity index (χ2n) is 4.23. The predicted octanol–water partition coefficient (Wildman–Crippen LogP) is 2.84. The van der Waals surface area contributed by atoms with Crippen molar-refractivity contribution >= 4 is 5.91 Å². The topological polar surface area (TPSA) is 29.5 Å². The number of hydrogen-bond acceptors (Lipinski definition) is 2. The Kier molecular flexibility index (Phi) is 10.5. The van der Waals surface area contributed by atoms with E-state index in [1.807, 2.05) is 4.90 Å². The Balaban J connectivity index is 3.89. The van der Waals surface area contributed by atoms with Gasteiger partial charge in [0.25, 0.3) is 0 Å². The highest BCUT2D eigenvalue weighted by atomic mass is 16.5. The standard InChI is InChI=1S/C13H27NO2/c1-4-6-8-10-14(11-9-7-5-2)13(15)12-16-3/h4-12H2,1-3H3. The summed E-state index contributed by atoms with van der Waals surface area (Å²) >= 11 is 0. The molecule has 0 N–H and O–H groups in total. The highest BCUT2D eigenvalue weighted by Crippen LogP contribution is 2.03. The van der Waals surface area contributed by atoms with Crippen molar-refractivity contribution in [3.05, 3.63) is 0 Å².